The lowest BCUT2D eigenvalue weighted by molar-refractivity contribution is -0.156. The molecule has 1 aromatic rings. The van der Waals surface area contributed by atoms with Crippen LogP contribution in [0.5, 0.6) is 0 Å². The number of ether oxygens (including phenoxy) is 1. The molecule has 1 aromatic carbocycles. The summed E-state index contributed by atoms with van der Waals surface area (Å²) in [4.78, 5) is 38.1. The van der Waals surface area contributed by atoms with E-state index in [9.17, 15) is 19.5 Å². The van der Waals surface area contributed by atoms with E-state index >= 15 is 0 Å². The number of carbonyl (C=O) groups is 3. The van der Waals surface area contributed by atoms with Crippen molar-refractivity contribution in [1.29, 1.82) is 0 Å². The molecule has 0 spiro atoms. The molecule has 4 rings (SSSR count). The minimum absolute atomic E-state index is 0.128. The molecule has 6 nitrogen and oxygen atoms in total. The Morgan fingerprint density at radius 2 is 1.70 bits per heavy atom. The maximum atomic E-state index is 12.7. The molecule has 3 fully saturated rings. The average Bonchev–Trinajstić information content (AvgIpc) is 3.21. The van der Waals surface area contributed by atoms with Gasteiger partial charge in [-0.25, -0.2) is 4.79 Å². The quantitative estimate of drug-likeness (QED) is 0.833. The first-order chi connectivity index (χ1) is 11.1. The molecule has 2 amide bonds. The summed E-state index contributed by atoms with van der Waals surface area (Å²) in [6.07, 6.45) is 1.23. The fourth-order valence-corrected chi connectivity index (χ4v) is 4.17. The fourth-order valence-electron chi connectivity index (χ4n) is 4.17. The Hall–Kier alpha value is -2.21. The zero-order valence-electron chi connectivity index (χ0n) is 12.4. The number of amides is 2. The lowest BCUT2D eigenvalue weighted by Gasteiger charge is -2.24. The van der Waals surface area contributed by atoms with Crippen molar-refractivity contribution in [3.63, 3.8) is 0 Å². The number of benzene rings is 1. The molecule has 3 unspecified atom stereocenters. The van der Waals surface area contributed by atoms with Crippen molar-refractivity contribution in [2.45, 2.75) is 37.5 Å². The van der Waals surface area contributed by atoms with Gasteiger partial charge in [0.2, 0.25) is 11.8 Å². The van der Waals surface area contributed by atoms with Crippen LogP contribution in [-0.2, 0) is 25.5 Å². The molecule has 6 heteroatoms. The number of carboxylic acids is 1. The van der Waals surface area contributed by atoms with Gasteiger partial charge in [-0.05, 0) is 18.4 Å². The van der Waals surface area contributed by atoms with Crippen molar-refractivity contribution in [2.75, 3.05) is 0 Å². The molecule has 2 bridgehead atoms. The van der Waals surface area contributed by atoms with E-state index in [1.54, 1.807) is 12.1 Å². The van der Waals surface area contributed by atoms with E-state index in [4.69, 9.17) is 4.74 Å². The van der Waals surface area contributed by atoms with Crippen molar-refractivity contribution in [2.24, 2.45) is 11.8 Å². The summed E-state index contributed by atoms with van der Waals surface area (Å²) < 4.78 is 5.67. The van der Waals surface area contributed by atoms with Crippen LogP contribution in [0.4, 0.5) is 0 Å². The number of aliphatic carboxylic acids is 1. The molecule has 0 aromatic heterocycles. The van der Waals surface area contributed by atoms with Gasteiger partial charge < -0.3 is 9.84 Å². The zero-order valence-corrected chi connectivity index (χ0v) is 12.4. The monoisotopic (exact) mass is 315 g/mol. The fraction of sp³-hybridized carbons (Fsp3) is 0.471. The minimum atomic E-state index is -1.15. The summed E-state index contributed by atoms with van der Waals surface area (Å²) in [5.41, 5.74) is 0.789. The number of hydrogen-bond donors (Lipinski definition) is 1. The maximum Gasteiger partial charge on any atom is 0.327 e. The lowest BCUT2D eigenvalue weighted by Crippen LogP contribution is -2.48. The van der Waals surface area contributed by atoms with Gasteiger partial charge in [0, 0.05) is 6.42 Å². The van der Waals surface area contributed by atoms with Crippen LogP contribution in [0.15, 0.2) is 30.3 Å². The van der Waals surface area contributed by atoms with E-state index in [-0.39, 0.29) is 30.4 Å². The predicted octanol–water partition coefficient (Wildman–Crippen LogP) is 0.845. The summed E-state index contributed by atoms with van der Waals surface area (Å²) in [5, 5.41) is 9.56. The first kappa shape index (κ1) is 14.4. The Morgan fingerprint density at radius 3 is 2.22 bits per heavy atom. The Kier molecular flexibility index (Phi) is 3.23. The van der Waals surface area contributed by atoms with Gasteiger partial charge in [0.1, 0.15) is 6.04 Å². The number of carbonyl (C=O) groups excluding carboxylic acids is 2. The maximum absolute atomic E-state index is 12.7. The van der Waals surface area contributed by atoms with Gasteiger partial charge in [-0.2, -0.15) is 0 Å². The molecular weight excluding hydrogens is 298 g/mol. The van der Waals surface area contributed by atoms with Crippen LogP contribution in [0.2, 0.25) is 0 Å². The molecular formula is C17H17NO5. The normalized spacial score (nSPS) is 33.1. The van der Waals surface area contributed by atoms with E-state index in [0.717, 1.165) is 23.3 Å². The summed E-state index contributed by atoms with van der Waals surface area (Å²) in [6, 6.07) is 7.91. The summed E-state index contributed by atoms with van der Waals surface area (Å²) in [7, 11) is 0. The van der Waals surface area contributed by atoms with Crippen molar-refractivity contribution in [3.8, 4) is 0 Å². The van der Waals surface area contributed by atoms with Crippen LogP contribution in [-0.4, -0.2) is 46.0 Å². The smallest absolute Gasteiger partial charge is 0.327 e. The molecule has 0 radical (unpaired) electrons. The lowest BCUT2D eigenvalue weighted by atomic mass is 9.81. The number of nitrogens with zero attached hydrogens (tertiary/aromatic N) is 1. The molecule has 3 aliphatic heterocycles. The van der Waals surface area contributed by atoms with Crippen LogP contribution >= 0.6 is 0 Å². The first-order valence-corrected chi connectivity index (χ1v) is 7.87. The van der Waals surface area contributed by atoms with Crippen LogP contribution in [0.3, 0.4) is 0 Å². The third-order valence-electron chi connectivity index (χ3n) is 5.19. The molecule has 23 heavy (non-hydrogen) atoms. The SMILES string of the molecule is O=C(O)C(Cc1ccccc1)N1C(=O)C2C(C1=O)[C@H]1CC[C@@H]2O1. The standard InChI is InChI=1S/C17H17NO5/c19-15-13-11-6-7-12(23-11)14(13)16(20)18(15)10(17(21)22)8-9-4-2-1-3-5-9/h1-5,10-14H,6-8H2,(H,21,22)/t10?,11-,12+,13?,14?. The summed E-state index contributed by atoms with van der Waals surface area (Å²) in [5.74, 6) is -2.88. The van der Waals surface area contributed by atoms with E-state index in [1.807, 2.05) is 18.2 Å². The van der Waals surface area contributed by atoms with E-state index in [1.165, 1.54) is 0 Å². The molecule has 3 saturated heterocycles. The molecule has 1 N–H and O–H groups in total. The molecule has 3 heterocycles. The minimum Gasteiger partial charge on any atom is -0.480 e. The number of imide groups is 1. The Bertz CT molecular complexity index is 645. The zero-order chi connectivity index (χ0) is 16.1. The van der Waals surface area contributed by atoms with E-state index < -0.39 is 23.8 Å². The highest BCUT2D eigenvalue weighted by Crippen LogP contribution is 2.49. The number of likely N-dealkylation sites (tertiary alicyclic amines) is 1. The van der Waals surface area contributed by atoms with Crippen molar-refractivity contribution in [3.05, 3.63) is 35.9 Å². The van der Waals surface area contributed by atoms with Crippen molar-refractivity contribution >= 4 is 17.8 Å². The summed E-state index contributed by atoms with van der Waals surface area (Å²) in [6.45, 7) is 0. The second-order valence-corrected chi connectivity index (χ2v) is 6.43. The second kappa shape index (κ2) is 5.16. The Labute approximate surface area is 133 Å². The van der Waals surface area contributed by atoms with Crippen LogP contribution in [0.1, 0.15) is 18.4 Å². The third-order valence-corrected chi connectivity index (χ3v) is 5.19. The van der Waals surface area contributed by atoms with Crippen molar-refractivity contribution < 1.29 is 24.2 Å². The number of rotatable bonds is 4. The number of hydrogen-bond acceptors (Lipinski definition) is 4. The largest absolute Gasteiger partial charge is 0.480 e. The third kappa shape index (κ3) is 2.09. The molecule has 3 aliphatic rings. The predicted molar refractivity (Wildman–Crippen MR) is 78.3 cm³/mol. The molecule has 5 atom stereocenters. The average molecular weight is 315 g/mol. The van der Waals surface area contributed by atoms with Gasteiger partial charge >= 0.3 is 5.97 Å². The van der Waals surface area contributed by atoms with Gasteiger partial charge in [0.25, 0.3) is 0 Å². The molecule has 0 aliphatic carbocycles. The van der Waals surface area contributed by atoms with Gasteiger partial charge in [0.15, 0.2) is 0 Å². The van der Waals surface area contributed by atoms with E-state index in [0.29, 0.717) is 0 Å². The first-order valence-electron chi connectivity index (χ1n) is 7.87. The van der Waals surface area contributed by atoms with Crippen molar-refractivity contribution in [1.82, 2.24) is 4.90 Å². The highest BCUT2D eigenvalue weighted by Gasteiger charge is 2.63. The van der Waals surface area contributed by atoms with Gasteiger partial charge in [-0.1, -0.05) is 30.3 Å². The van der Waals surface area contributed by atoms with Gasteiger partial charge in [0.05, 0.1) is 24.0 Å². The summed E-state index contributed by atoms with van der Waals surface area (Å²) >= 11 is 0. The number of fused-ring (bicyclic) bond motifs is 5. The molecule has 0 saturated carbocycles. The highest BCUT2D eigenvalue weighted by atomic mass is 16.5. The Morgan fingerprint density at radius 1 is 1.13 bits per heavy atom. The van der Waals surface area contributed by atoms with Gasteiger partial charge in [-0.15, -0.1) is 0 Å². The van der Waals surface area contributed by atoms with Gasteiger partial charge in [-0.3, -0.25) is 14.5 Å². The molecule has 120 valence electrons. The topological polar surface area (TPSA) is 83.9 Å². The van der Waals surface area contributed by atoms with Crippen LogP contribution in [0.25, 0.3) is 0 Å². The Balaban J connectivity index is 1.63. The van der Waals surface area contributed by atoms with Crippen LogP contribution in [0, 0.1) is 11.8 Å². The van der Waals surface area contributed by atoms with E-state index in [2.05, 4.69) is 0 Å². The number of carboxylic acid groups (broad SMARTS) is 1. The highest BCUT2D eigenvalue weighted by molar-refractivity contribution is 6.08. The second-order valence-electron chi connectivity index (χ2n) is 6.43. The van der Waals surface area contributed by atoms with Crippen LogP contribution < -0.4 is 0 Å².